The van der Waals surface area contributed by atoms with Crippen LogP contribution in [-0.2, 0) is 0 Å². The maximum atomic E-state index is 12.3. The highest BCUT2D eigenvalue weighted by Gasteiger charge is 2.28. The third-order valence-electron chi connectivity index (χ3n) is 4.44. The maximum absolute atomic E-state index is 12.3. The smallest absolute Gasteiger partial charge is 0.321 e. The number of aliphatic hydroxyl groups excluding tert-OH is 1. The second-order valence-corrected chi connectivity index (χ2v) is 5.98. The van der Waals surface area contributed by atoms with Gasteiger partial charge in [-0.1, -0.05) is 48.5 Å². The lowest BCUT2D eigenvalue weighted by atomic mass is 9.87. The number of likely N-dealkylation sites (tertiary alicyclic amines) is 1. The van der Waals surface area contributed by atoms with Gasteiger partial charge >= 0.3 is 6.03 Å². The standard InChI is InChI=1S/C19H22N2O2/c22-18(15-7-3-1-4-8-15)16-11-13-21(14-12-16)19(23)20-17-9-5-2-6-10-17/h1-10,16,18,22H,11-14H2,(H,20,23)/t18-/m0/s1. The van der Waals surface area contributed by atoms with Crippen LogP contribution in [0.4, 0.5) is 10.5 Å². The predicted molar refractivity (Wildman–Crippen MR) is 91.2 cm³/mol. The number of piperidine rings is 1. The van der Waals surface area contributed by atoms with Gasteiger partial charge in [0.25, 0.3) is 0 Å². The Hall–Kier alpha value is -2.33. The molecular weight excluding hydrogens is 288 g/mol. The van der Waals surface area contributed by atoms with Crippen LogP contribution >= 0.6 is 0 Å². The Bertz CT molecular complexity index is 622. The number of nitrogens with one attached hydrogen (secondary N) is 1. The van der Waals surface area contributed by atoms with Crippen LogP contribution in [0.5, 0.6) is 0 Å². The summed E-state index contributed by atoms with van der Waals surface area (Å²) in [5.74, 6) is 0.207. The minimum absolute atomic E-state index is 0.0659. The lowest BCUT2D eigenvalue weighted by Gasteiger charge is -2.34. The number of hydrogen-bond acceptors (Lipinski definition) is 2. The first kappa shape index (κ1) is 15.6. The van der Waals surface area contributed by atoms with Crippen molar-refractivity contribution >= 4 is 11.7 Å². The Balaban J connectivity index is 1.53. The lowest BCUT2D eigenvalue weighted by molar-refractivity contribution is 0.0683. The van der Waals surface area contributed by atoms with Crippen LogP contribution in [0.25, 0.3) is 0 Å². The zero-order valence-electron chi connectivity index (χ0n) is 13.1. The van der Waals surface area contributed by atoms with Gasteiger partial charge in [-0.25, -0.2) is 4.79 Å². The molecule has 4 heteroatoms. The average Bonchev–Trinajstić information content (AvgIpc) is 2.63. The van der Waals surface area contributed by atoms with Gasteiger partial charge in [-0.3, -0.25) is 0 Å². The van der Waals surface area contributed by atoms with Gasteiger partial charge in [0, 0.05) is 18.8 Å². The number of carbonyl (C=O) groups is 1. The van der Waals surface area contributed by atoms with Crippen molar-refractivity contribution < 1.29 is 9.90 Å². The Morgan fingerprint density at radius 1 is 1.00 bits per heavy atom. The summed E-state index contributed by atoms with van der Waals surface area (Å²) in [6.07, 6.45) is 1.19. The molecule has 1 aliphatic heterocycles. The minimum atomic E-state index is -0.449. The van der Waals surface area contributed by atoms with E-state index in [-0.39, 0.29) is 11.9 Å². The third-order valence-corrected chi connectivity index (χ3v) is 4.44. The van der Waals surface area contributed by atoms with Crippen LogP contribution in [0.1, 0.15) is 24.5 Å². The second kappa shape index (κ2) is 7.29. The summed E-state index contributed by atoms with van der Waals surface area (Å²) in [6.45, 7) is 1.35. The SMILES string of the molecule is O=C(Nc1ccccc1)N1CCC([C@@H](O)c2ccccc2)CC1. The van der Waals surface area contributed by atoms with Gasteiger partial charge in [-0.05, 0) is 36.5 Å². The molecule has 2 N–H and O–H groups in total. The fourth-order valence-corrected chi connectivity index (χ4v) is 3.06. The van der Waals surface area contributed by atoms with E-state index in [1.165, 1.54) is 0 Å². The number of aliphatic hydroxyl groups is 1. The van der Waals surface area contributed by atoms with Crippen molar-refractivity contribution in [2.24, 2.45) is 5.92 Å². The fourth-order valence-electron chi connectivity index (χ4n) is 3.06. The number of amides is 2. The first-order valence-corrected chi connectivity index (χ1v) is 8.08. The summed E-state index contributed by atoms with van der Waals surface area (Å²) < 4.78 is 0. The van der Waals surface area contributed by atoms with Gasteiger partial charge in [0.05, 0.1) is 6.10 Å². The number of urea groups is 1. The third kappa shape index (κ3) is 3.90. The van der Waals surface area contributed by atoms with Crippen molar-refractivity contribution in [3.63, 3.8) is 0 Å². The average molecular weight is 310 g/mol. The fraction of sp³-hybridized carbons (Fsp3) is 0.316. The molecule has 0 aromatic heterocycles. The van der Waals surface area contributed by atoms with Gasteiger partial charge in [0.2, 0.25) is 0 Å². The number of anilines is 1. The van der Waals surface area contributed by atoms with Gasteiger partial charge in [0.15, 0.2) is 0 Å². The first-order valence-electron chi connectivity index (χ1n) is 8.08. The quantitative estimate of drug-likeness (QED) is 0.909. The van der Waals surface area contributed by atoms with E-state index in [0.717, 1.165) is 24.1 Å². The summed E-state index contributed by atoms with van der Waals surface area (Å²) >= 11 is 0. The number of para-hydroxylation sites is 1. The largest absolute Gasteiger partial charge is 0.388 e. The normalized spacial score (nSPS) is 16.8. The Morgan fingerprint density at radius 3 is 2.17 bits per heavy atom. The van der Waals surface area contributed by atoms with E-state index in [1.807, 2.05) is 65.6 Å². The van der Waals surface area contributed by atoms with E-state index >= 15 is 0 Å². The van der Waals surface area contributed by atoms with Crippen LogP contribution in [0.2, 0.25) is 0 Å². The van der Waals surface area contributed by atoms with Crippen molar-refractivity contribution in [1.82, 2.24) is 4.90 Å². The van der Waals surface area contributed by atoms with E-state index in [1.54, 1.807) is 0 Å². The van der Waals surface area contributed by atoms with Gasteiger partial charge < -0.3 is 15.3 Å². The monoisotopic (exact) mass is 310 g/mol. The molecule has 1 atom stereocenters. The van der Waals surface area contributed by atoms with E-state index in [0.29, 0.717) is 13.1 Å². The van der Waals surface area contributed by atoms with E-state index in [9.17, 15) is 9.90 Å². The second-order valence-electron chi connectivity index (χ2n) is 5.98. The molecule has 4 nitrogen and oxygen atoms in total. The highest BCUT2D eigenvalue weighted by Crippen LogP contribution is 2.30. The summed E-state index contributed by atoms with van der Waals surface area (Å²) in [4.78, 5) is 14.1. The van der Waals surface area contributed by atoms with Crippen molar-refractivity contribution in [1.29, 1.82) is 0 Å². The number of nitrogens with zero attached hydrogens (tertiary/aromatic N) is 1. The molecule has 0 spiro atoms. The van der Waals surface area contributed by atoms with Crippen molar-refractivity contribution in [3.05, 3.63) is 66.2 Å². The Labute approximate surface area is 136 Å². The molecule has 1 saturated heterocycles. The molecule has 120 valence electrons. The summed E-state index contributed by atoms with van der Waals surface area (Å²) in [5.41, 5.74) is 1.77. The number of carbonyl (C=O) groups excluding carboxylic acids is 1. The van der Waals surface area contributed by atoms with E-state index in [4.69, 9.17) is 0 Å². The molecule has 1 aliphatic rings. The molecule has 0 saturated carbocycles. The Kier molecular flexibility index (Phi) is 4.93. The highest BCUT2D eigenvalue weighted by molar-refractivity contribution is 5.89. The Morgan fingerprint density at radius 2 is 1.57 bits per heavy atom. The maximum Gasteiger partial charge on any atom is 0.321 e. The molecule has 1 heterocycles. The molecular formula is C19H22N2O2. The topological polar surface area (TPSA) is 52.6 Å². The lowest BCUT2D eigenvalue weighted by Crippen LogP contribution is -2.42. The predicted octanol–water partition coefficient (Wildman–Crippen LogP) is 3.66. The molecule has 2 amide bonds. The molecule has 3 rings (SSSR count). The van der Waals surface area contributed by atoms with Gasteiger partial charge in [0.1, 0.15) is 0 Å². The van der Waals surface area contributed by atoms with Crippen LogP contribution < -0.4 is 5.32 Å². The minimum Gasteiger partial charge on any atom is -0.388 e. The summed E-state index contributed by atoms with van der Waals surface area (Å²) in [5, 5.41) is 13.4. The number of benzene rings is 2. The molecule has 1 fully saturated rings. The molecule has 0 aliphatic carbocycles. The zero-order valence-corrected chi connectivity index (χ0v) is 13.1. The van der Waals surface area contributed by atoms with Gasteiger partial charge in [-0.2, -0.15) is 0 Å². The zero-order chi connectivity index (χ0) is 16.1. The van der Waals surface area contributed by atoms with Crippen molar-refractivity contribution in [2.75, 3.05) is 18.4 Å². The molecule has 0 bridgehead atoms. The molecule has 2 aromatic carbocycles. The van der Waals surface area contributed by atoms with Crippen molar-refractivity contribution in [3.8, 4) is 0 Å². The molecule has 23 heavy (non-hydrogen) atoms. The molecule has 0 unspecified atom stereocenters. The molecule has 0 radical (unpaired) electrons. The van der Waals surface area contributed by atoms with Gasteiger partial charge in [-0.15, -0.1) is 0 Å². The summed E-state index contributed by atoms with van der Waals surface area (Å²) in [7, 11) is 0. The van der Waals surface area contributed by atoms with Crippen LogP contribution in [0.15, 0.2) is 60.7 Å². The number of hydrogen-bond donors (Lipinski definition) is 2. The number of rotatable bonds is 3. The molecule has 2 aromatic rings. The van der Waals surface area contributed by atoms with E-state index in [2.05, 4.69) is 5.32 Å². The van der Waals surface area contributed by atoms with Crippen LogP contribution in [-0.4, -0.2) is 29.1 Å². The van der Waals surface area contributed by atoms with Crippen LogP contribution in [0, 0.1) is 5.92 Å². The van der Waals surface area contributed by atoms with Crippen molar-refractivity contribution in [2.45, 2.75) is 18.9 Å². The highest BCUT2D eigenvalue weighted by atomic mass is 16.3. The summed E-state index contributed by atoms with van der Waals surface area (Å²) in [6, 6.07) is 19.2. The first-order chi connectivity index (χ1) is 11.2. The van der Waals surface area contributed by atoms with E-state index < -0.39 is 6.10 Å². The van der Waals surface area contributed by atoms with Crippen LogP contribution in [0.3, 0.4) is 0 Å².